The van der Waals surface area contributed by atoms with Crippen LogP contribution in [0.2, 0.25) is 0 Å². The fraction of sp³-hybridized carbons (Fsp3) is 0.200. The number of unbranched alkanes of at least 4 members (excludes halogenated alkanes) is 1. The van der Waals surface area contributed by atoms with Crippen LogP contribution in [0.3, 0.4) is 0 Å². The van der Waals surface area contributed by atoms with Crippen LogP contribution in [-0.4, -0.2) is 19.7 Å². The number of benzene rings is 3. The van der Waals surface area contributed by atoms with Crippen molar-refractivity contribution in [3.63, 3.8) is 0 Å². The SMILES string of the molecule is CCCCc1nc(C)n(-c2ccccc2)c(=O)c1Cc1c(F)cc(-c2ccccc2-c2noc(=O)[nH]2)cc1F.[H-].[Na+]. The summed E-state index contributed by atoms with van der Waals surface area (Å²) < 4.78 is 37.2. The Morgan fingerprint density at radius 2 is 1.60 bits per heavy atom. The number of nitrogens with zero attached hydrogens (tertiary/aromatic N) is 3. The topological polar surface area (TPSA) is 93.8 Å². The van der Waals surface area contributed by atoms with Crippen molar-refractivity contribution in [2.45, 2.75) is 39.5 Å². The van der Waals surface area contributed by atoms with Crippen LogP contribution < -0.4 is 40.9 Å². The van der Waals surface area contributed by atoms with Crippen LogP contribution in [0.4, 0.5) is 8.78 Å². The van der Waals surface area contributed by atoms with Gasteiger partial charge in [0.25, 0.3) is 5.56 Å². The van der Waals surface area contributed by atoms with E-state index in [0.29, 0.717) is 34.8 Å². The van der Waals surface area contributed by atoms with E-state index in [1.54, 1.807) is 43.3 Å². The molecule has 3 aromatic carbocycles. The van der Waals surface area contributed by atoms with Gasteiger partial charge in [0.05, 0.1) is 11.4 Å². The van der Waals surface area contributed by atoms with Crippen molar-refractivity contribution in [2.24, 2.45) is 0 Å². The Kier molecular flexibility index (Phi) is 9.29. The molecular weight excluding hydrogens is 525 g/mol. The third-order valence-corrected chi connectivity index (χ3v) is 6.64. The first-order valence-electron chi connectivity index (χ1n) is 12.7. The molecule has 0 bridgehead atoms. The average Bonchev–Trinajstić information content (AvgIpc) is 3.37. The largest absolute Gasteiger partial charge is 1.00 e. The minimum Gasteiger partial charge on any atom is -1.00 e. The van der Waals surface area contributed by atoms with E-state index in [0.717, 1.165) is 12.8 Å². The van der Waals surface area contributed by atoms with E-state index in [1.165, 1.54) is 16.7 Å². The van der Waals surface area contributed by atoms with Crippen molar-refractivity contribution in [2.75, 3.05) is 0 Å². The van der Waals surface area contributed by atoms with Gasteiger partial charge in [-0.2, -0.15) is 0 Å². The van der Waals surface area contributed by atoms with Crippen LogP contribution in [0.15, 0.2) is 80.8 Å². The molecule has 5 rings (SSSR count). The van der Waals surface area contributed by atoms with Gasteiger partial charge in [0.15, 0.2) is 5.82 Å². The zero-order chi connectivity index (χ0) is 27.5. The van der Waals surface area contributed by atoms with E-state index in [1.807, 2.05) is 25.1 Å². The van der Waals surface area contributed by atoms with Gasteiger partial charge in [0, 0.05) is 23.1 Å². The van der Waals surface area contributed by atoms with Crippen molar-refractivity contribution < 1.29 is 44.3 Å². The van der Waals surface area contributed by atoms with Crippen molar-refractivity contribution >= 4 is 0 Å². The molecule has 7 nitrogen and oxygen atoms in total. The minimum absolute atomic E-state index is 0. The Hall–Kier alpha value is -3.66. The molecule has 200 valence electrons. The van der Waals surface area contributed by atoms with Gasteiger partial charge in [-0.1, -0.05) is 61.0 Å². The molecule has 0 amide bonds. The van der Waals surface area contributed by atoms with Crippen LogP contribution >= 0.6 is 0 Å². The number of aromatic amines is 1. The molecule has 40 heavy (non-hydrogen) atoms. The first kappa shape index (κ1) is 29.3. The molecule has 0 aliphatic heterocycles. The predicted molar refractivity (Wildman–Crippen MR) is 145 cm³/mol. The second-order valence-electron chi connectivity index (χ2n) is 9.25. The second-order valence-corrected chi connectivity index (χ2v) is 9.25. The Labute approximate surface area is 252 Å². The molecule has 0 aliphatic carbocycles. The van der Waals surface area contributed by atoms with Crippen LogP contribution in [0, 0.1) is 18.6 Å². The van der Waals surface area contributed by atoms with Gasteiger partial charge in [-0.15, -0.1) is 0 Å². The van der Waals surface area contributed by atoms with Gasteiger partial charge < -0.3 is 1.43 Å². The Morgan fingerprint density at radius 1 is 0.950 bits per heavy atom. The molecule has 2 heterocycles. The van der Waals surface area contributed by atoms with E-state index >= 15 is 8.78 Å². The number of hydrogen-bond acceptors (Lipinski definition) is 5. The van der Waals surface area contributed by atoms with Crippen molar-refractivity contribution in [1.29, 1.82) is 0 Å². The van der Waals surface area contributed by atoms with E-state index in [2.05, 4.69) is 19.6 Å². The summed E-state index contributed by atoms with van der Waals surface area (Å²) in [4.78, 5) is 32.3. The monoisotopic (exact) mass is 552 g/mol. The molecule has 0 aliphatic rings. The van der Waals surface area contributed by atoms with Crippen LogP contribution in [-0.2, 0) is 12.8 Å². The van der Waals surface area contributed by atoms with Gasteiger partial charge >= 0.3 is 35.3 Å². The second kappa shape index (κ2) is 12.7. The molecule has 5 aromatic rings. The van der Waals surface area contributed by atoms with Crippen molar-refractivity contribution in [1.82, 2.24) is 19.7 Å². The number of para-hydroxylation sites is 1. The summed E-state index contributed by atoms with van der Waals surface area (Å²) in [5, 5.41) is 3.70. The molecule has 0 atom stereocenters. The molecule has 0 saturated carbocycles. The van der Waals surface area contributed by atoms with Crippen LogP contribution in [0.1, 0.15) is 43.8 Å². The first-order chi connectivity index (χ1) is 18.9. The smallest absolute Gasteiger partial charge is 1.00 e. The number of rotatable bonds is 8. The summed E-state index contributed by atoms with van der Waals surface area (Å²) in [6.45, 7) is 3.78. The maximum Gasteiger partial charge on any atom is 1.00 e. The van der Waals surface area contributed by atoms with Crippen molar-refractivity contribution in [3.05, 3.63) is 122 Å². The summed E-state index contributed by atoms with van der Waals surface area (Å²) >= 11 is 0. The fourth-order valence-electron chi connectivity index (χ4n) is 4.72. The third-order valence-electron chi connectivity index (χ3n) is 6.64. The van der Waals surface area contributed by atoms with E-state index in [-0.39, 0.29) is 65.5 Å². The standard InChI is InChI=1S/C30H26F2N4O3.Na.H/c1-3-4-14-27-24(29(37)36(18(2)33-27)20-10-6-5-7-11-20)17-23-25(31)15-19(16-26(23)32)21-12-8-9-13-22(21)28-34-30(38)39-35-28;;/h5-13,15-16H,3-4,14,17H2,1-2H3,(H,34,35,38);;/q;+1;-1. The molecule has 1 N–H and O–H groups in total. The van der Waals surface area contributed by atoms with E-state index in [9.17, 15) is 9.59 Å². The summed E-state index contributed by atoms with van der Waals surface area (Å²) in [5.74, 6) is -1.66. The Morgan fingerprint density at radius 3 is 2.23 bits per heavy atom. The third kappa shape index (κ3) is 5.91. The van der Waals surface area contributed by atoms with Gasteiger partial charge in [0.2, 0.25) is 0 Å². The molecule has 10 heteroatoms. The predicted octanol–water partition coefficient (Wildman–Crippen LogP) is 2.88. The number of hydrogen-bond donors (Lipinski definition) is 1. The Balaban J connectivity index is 0.00000231. The maximum absolute atomic E-state index is 15.6. The van der Waals surface area contributed by atoms with E-state index in [4.69, 9.17) is 0 Å². The zero-order valence-corrected chi connectivity index (χ0v) is 24.5. The van der Waals surface area contributed by atoms with Gasteiger partial charge in [-0.3, -0.25) is 18.9 Å². The average molecular weight is 553 g/mol. The molecule has 0 spiro atoms. The number of halogens is 2. The zero-order valence-electron chi connectivity index (χ0n) is 23.5. The Bertz CT molecular complexity index is 1750. The molecule has 0 unspecified atom stereocenters. The minimum atomic E-state index is -0.791. The molecule has 0 saturated heterocycles. The van der Waals surface area contributed by atoms with E-state index < -0.39 is 17.4 Å². The quantitative estimate of drug-likeness (QED) is 0.299. The summed E-state index contributed by atoms with van der Waals surface area (Å²) in [6.07, 6.45) is 1.96. The van der Waals surface area contributed by atoms with Crippen LogP contribution in [0.5, 0.6) is 0 Å². The fourth-order valence-corrected chi connectivity index (χ4v) is 4.72. The summed E-state index contributed by atoms with van der Waals surface area (Å²) in [5.41, 5.74) is 2.05. The number of H-pyrrole nitrogens is 1. The number of aromatic nitrogens is 4. The maximum atomic E-state index is 15.6. The molecule has 0 radical (unpaired) electrons. The number of nitrogens with one attached hydrogen (secondary N) is 1. The van der Waals surface area contributed by atoms with Gasteiger partial charge in [0.1, 0.15) is 17.5 Å². The first-order valence-corrected chi connectivity index (χ1v) is 12.7. The van der Waals surface area contributed by atoms with Crippen LogP contribution in [0.25, 0.3) is 28.2 Å². The van der Waals surface area contributed by atoms with Gasteiger partial charge in [-0.25, -0.2) is 18.6 Å². The van der Waals surface area contributed by atoms with Crippen molar-refractivity contribution in [3.8, 4) is 28.2 Å². The number of aryl methyl sites for hydroxylation is 2. The molecule has 0 fully saturated rings. The normalized spacial score (nSPS) is 10.9. The molecular formula is C30H27F2N4NaO3. The summed E-state index contributed by atoms with van der Waals surface area (Å²) in [7, 11) is 0. The summed E-state index contributed by atoms with van der Waals surface area (Å²) in [6, 6.07) is 18.3. The molecule has 2 aromatic heterocycles. The van der Waals surface area contributed by atoms with Gasteiger partial charge in [-0.05, 0) is 55.2 Å².